The third-order valence-electron chi connectivity index (χ3n) is 6.04. The molecule has 0 saturated carbocycles. The number of hydrazone groups is 1. The predicted octanol–water partition coefficient (Wildman–Crippen LogP) is 6.90. The summed E-state index contributed by atoms with van der Waals surface area (Å²) in [5, 5.41) is 16.1. The SMILES string of the molecule is O=C(COc1ccc(Cl)cc1)N/N=C\c1cc(-c2ccccc2)n(-c2ccc([N+](=O)[O-])cc2)c1-c1ccccc1. The van der Waals surface area contributed by atoms with Crippen LogP contribution in [-0.2, 0) is 4.79 Å². The fourth-order valence-electron chi connectivity index (χ4n) is 4.22. The van der Waals surface area contributed by atoms with Crippen molar-refractivity contribution < 1.29 is 14.5 Å². The second-order valence-corrected chi connectivity index (χ2v) is 9.15. The highest BCUT2D eigenvalue weighted by Crippen LogP contribution is 2.35. The van der Waals surface area contributed by atoms with E-state index in [0.29, 0.717) is 10.8 Å². The molecule has 0 spiro atoms. The zero-order chi connectivity index (χ0) is 27.9. The minimum Gasteiger partial charge on any atom is -0.484 e. The van der Waals surface area contributed by atoms with Crippen LogP contribution in [0.15, 0.2) is 120 Å². The zero-order valence-corrected chi connectivity index (χ0v) is 21.9. The molecule has 1 amide bonds. The molecule has 0 aliphatic carbocycles. The van der Waals surface area contributed by atoms with Crippen LogP contribution >= 0.6 is 11.6 Å². The Balaban J connectivity index is 1.51. The molecule has 4 aromatic carbocycles. The summed E-state index contributed by atoms with van der Waals surface area (Å²) in [5.41, 5.74) is 7.51. The maximum atomic E-state index is 12.4. The van der Waals surface area contributed by atoms with Crippen LogP contribution in [0.2, 0.25) is 5.02 Å². The van der Waals surface area contributed by atoms with Crippen LogP contribution in [0.3, 0.4) is 0 Å². The molecule has 0 radical (unpaired) electrons. The first-order valence-corrected chi connectivity index (χ1v) is 12.7. The number of benzene rings is 4. The number of hydrogen-bond acceptors (Lipinski definition) is 5. The quantitative estimate of drug-likeness (QED) is 0.122. The normalized spacial score (nSPS) is 10.9. The lowest BCUT2D eigenvalue weighted by Crippen LogP contribution is -2.24. The number of halogens is 1. The smallest absolute Gasteiger partial charge is 0.277 e. The largest absolute Gasteiger partial charge is 0.484 e. The van der Waals surface area contributed by atoms with E-state index >= 15 is 0 Å². The van der Waals surface area contributed by atoms with Gasteiger partial charge in [0.25, 0.3) is 11.6 Å². The lowest BCUT2D eigenvalue weighted by Gasteiger charge is -2.15. The van der Waals surface area contributed by atoms with Crippen LogP contribution in [0.4, 0.5) is 5.69 Å². The number of hydrogen-bond donors (Lipinski definition) is 1. The van der Waals surface area contributed by atoms with Gasteiger partial charge in [-0.2, -0.15) is 5.10 Å². The molecule has 0 aliphatic rings. The molecule has 40 heavy (non-hydrogen) atoms. The van der Waals surface area contributed by atoms with Gasteiger partial charge < -0.3 is 9.30 Å². The van der Waals surface area contributed by atoms with Gasteiger partial charge >= 0.3 is 0 Å². The molecule has 9 heteroatoms. The second-order valence-electron chi connectivity index (χ2n) is 8.71. The number of carbonyl (C=O) groups excluding carboxylic acids is 1. The highest BCUT2D eigenvalue weighted by molar-refractivity contribution is 6.30. The number of nitrogens with zero attached hydrogens (tertiary/aromatic N) is 3. The van der Waals surface area contributed by atoms with E-state index in [9.17, 15) is 14.9 Å². The highest BCUT2D eigenvalue weighted by Gasteiger charge is 2.19. The number of non-ortho nitro benzene ring substituents is 1. The molecule has 198 valence electrons. The highest BCUT2D eigenvalue weighted by atomic mass is 35.5. The summed E-state index contributed by atoms with van der Waals surface area (Å²) in [7, 11) is 0. The monoisotopic (exact) mass is 550 g/mol. The fourth-order valence-corrected chi connectivity index (χ4v) is 4.34. The van der Waals surface area contributed by atoms with Crippen LogP contribution in [-0.4, -0.2) is 28.2 Å². The van der Waals surface area contributed by atoms with Gasteiger partial charge in [-0.3, -0.25) is 14.9 Å². The first kappa shape index (κ1) is 26.4. The fraction of sp³-hybridized carbons (Fsp3) is 0.0323. The van der Waals surface area contributed by atoms with Gasteiger partial charge in [-0.25, -0.2) is 5.43 Å². The average molecular weight is 551 g/mol. The van der Waals surface area contributed by atoms with Crippen molar-refractivity contribution in [2.24, 2.45) is 5.10 Å². The third kappa shape index (κ3) is 6.09. The number of ether oxygens (including phenoxy) is 1. The summed E-state index contributed by atoms with van der Waals surface area (Å²) < 4.78 is 7.52. The minimum absolute atomic E-state index is 0.00347. The Labute approximate surface area is 235 Å². The third-order valence-corrected chi connectivity index (χ3v) is 6.29. The Bertz CT molecular complexity index is 1650. The first-order chi connectivity index (χ1) is 19.5. The molecule has 5 aromatic rings. The van der Waals surface area contributed by atoms with Crippen molar-refractivity contribution in [3.63, 3.8) is 0 Å². The van der Waals surface area contributed by atoms with Crippen molar-refractivity contribution in [3.8, 4) is 34.0 Å². The molecule has 1 heterocycles. The van der Waals surface area contributed by atoms with E-state index < -0.39 is 10.8 Å². The molecule has 1 aromatic heterocycles. The molecule has 8 nitrogen and oxygen atoms in total. The predicted molar refractivity (Wildman–Crippen MR) is 156 cm³/mol. The maximum absolute atomic E-state index is 12.4. The van der Waals surface area contributed by atoms with Gasteiger partial charge in [0.1, 0.15) is 5.75 Å². The molecule has 0 unspecified atom stereocenters. The molecular formula is C31H23ClN4O4. The molecule has 5 rings (SSSR count). The summed E-state index contributed by atoms with van der Waals surface area (Å²) in [4.78, 5) is 23.2. The molecular weight excluding hydrogens is 528 g/mol. The van der Waals surface area contributed by atoms with Crippen molar-refractivity contribution >= 4 is 29.4 Å². The standard InChI is InChI=1S/C31H23ClN4O4/c32-25-11-17-28(18-12-25)40-21-30(37)34-33-20-24-19-29(22-7-3-1-4-8-22)35(31(24)23-9-5-2-6-10-23)26-13-15-27(16-14-26)36(38)39/h1-20H,21H2,(H,34,37)/b33-20-. The van der Waals surface area contributed by atoms with Crippen LogP contribution in [0, 0.1) is 10.1 Å². The van der Waals surface area contributed by atoms with Crippen molar-refractivity contribution in [1.82, 2.24) is 9.99 Å². The average Bonchev–Trinajstić information content (AvgIpc) is 3.37. The number of amides is 1. The van der Waals surface area contributed by atoms with Crippen LogP contribution in [0.1, 0.15) is 5.56 Å². The van der Waals surface area contributed by atoms with E-state index in [2.05, 4.69) is 10.5 Å². The Morgan fingerprint density at radius 3 is 2.15 bits per heavy atom. The molecule has 0 saturated heterocycles. The van der Waals surface area contributed by atoms with Gasteiger partial charge in [0.15, 0.2) is 6.61 Å². The van der Waals surface area contributed by atoms with E-state index in [0.717, 1.165) is 33.8 Å². The van der Waals surface area contributed by atoms with Crippen LogP contribution in [0.25, 0.3) is 28.2 Å². The summed E-state index contributed by atoms with van der Waals surface area (Å²) >= 11 is 5.89. The van der Waals surface area contributed by atoms with Gasteiger partial charge in [0, 0.05) is 28.4 Å². The van der Waals surface area contributed by atoms with E-state index in [4.69, 9.17) is 16.3 Å². The Kier molecular flexibility index (Phi) is 7.99. The Morgan fingerprint density at radius 2 is 1.52 bits per heavy atom. The summed E-state index contributed by atoms with van der Waals surface area (Å²) in [5.74, 6) is 0.0908. The number of rotatable bonds is 9. The van der Waals surface area contributed by atoms with E-state index in [1.807, 2.05) is 71.3 Å². The van der Waals surface area contributed by atoms with Crippen LogP contribution < -0.4 is 10.2 Å². The zero-order valence-electron chi connectivity index (χ0n) is 21.1. The second kappa shape index (κ2) is 12.1. The topological polar surface area (TPSA) is 98.8 Å². The number of nitro groups is 1. The summed E-state index contributed by atoms with van der Waals surface area (Å²) in [6.45, 7) is -0.219. The van der Waals surface area contributed by atoms with Crippen molar-refractivity contribution in [2.75, 3.05) is 6.61 Å². The lowest BCUT2D eigenvalue weighted by atomic mass is 10.1. The summed E-state index contributed by atoms with van der Waals surface area (Å²) in [6, 6.07) is 34.6. The Morgan fingerprint density at radius 1 is 0.900 bits per heavy atom. The molecule has 0 aliphatic heterocycles. The van der Waals surface area contributed by atoms with Crippen molar-refractivity contribution in [2.45, 2.75) is 0 Å². The number of carbonyl (C=O) groups is 1. The van der Waals surface area contributed by atoms with E-state index in [1.165, 1.54) is 12.1 Å². The van der Waals surface area contributed by atoms with Crippen LogP contribution in [0.5, 0.6) is 5.75 Å². The van der Waals surface area contributed by atoms with Crippen molar-refractivity contribution in [3.05, 3.63) is 136 Å². The molecule has 0 fully saturated rings. The molecule has 0 atom stereocenters. The number of nitro benzene ring substituents is 1. The van der Waals surface area contributed by atoms with Gasteiger partial charge in [-0.1, -0.05) is 72.3 Å². The lowest BCUT2D eigenvalue weighted by molar-refractivity contribution is -0.384. The van der Waals surface area contributed by atoms with Gasteiger partial charge in [0.2, 0.25) is 0 Å². The number of aromatic nitrogens is 1. The van der Waals surface area contributed by atoms with E-state index in [-0.39, 0.29) is 12.3 Å². The molecule has 1 N–H and O–H groups in total. The number of nitrogens with one attached hydrogen (secondary N) is 1. The minimum atomic E-state index is -0.425. The van der Waals surface area contributed by atoms with Gasteiger partial charge in [0.05, 0.1) is 22.5 Å². The van der Waals surface area contributed by atoms with E-state index in [1.54, 1.807) is 42.6 Å². The van der Waals surface area contributed by atoms with Gasteiger partial charge in [-0.05, 0) is 53.6 Å². The van der Waals surface area contributed by atoms with Gasteiger partial charge in [-0.15, -0.1) is 0 Å². The van der Waals surface area contributed by atoms with Crippen molar-refractivity contribution in [1.29, 1.82) is 0 Å². The summed E-state index contributed by atoms with van der Waals surface area (Å²) in [6.07, 6.45) is 1.58. The first-order valence-electron chi connectivity index (χ1n) is 12.3. The Hall–Kier alpha value is -5.21. The maximum Gasteiger partial charge on any atom is 0.277 e. The molecule has 0 bridgehead atoms.